The van der Waals surface area contributed by atoms with Gasteiger partial charge in [0.1, 0.15) is 6.04 Å². The molecule has 78 valence electrons. The Kier molecular flexibility index (Phi) is 3.97. The van der Waals surface area contributed by atoms with Crippen LogP contribution < -0.4 is 5.73 Å². The highest BCUT2D eigenvalue weighted by Crippen LogP contribution is 2.10. The van der Waals surface area contributed by atoms with Gasteiger partial charge in [-0.1, -0.05) is 0 Å². The van der Waals surface area contributed by atoms with Crippen molar-refractivity contribution in [3.05, 3.63) is 18.0 Å². The molecule has 3 N–H and O–H groups in total. The Morgan fingerprint density at radius 2 is 2.57 bits per heavy atom. The Labute approximate surface area is 86.3 Å². The Morgan fingerprint density at radius 3 is 3.07 bits per heavy atom. The summed E-state index contributed by atoms with van der Waals surface area (Å²) < 4.78 is 1.72. The first-order valence-corrected chi connectivity index (χ1v) is 5.29. The minimum atomic E-state index is -0.960. The SMILES string of the molecule is Cn1ccc(CSCC(N)C(=O)O)n1. The summed E-state index contributed by atoms with van der Waals surface area (Å²) in [5, 5.41) is 12.7. The molecule has 0 saturated carbocycles. The second-order valence-corrected chi connectivity index (χ2v) is 3.97. The van der Waals surface area contributed by atoms with Gasteiger partial charge in [-0.05, 0) is 6.07 Å². The van der Waals surface area contributed by atoms with Gasteiger partial charge in [0.25, 0.3) is 0 Å². The first kappa shape index (κ1) is 11.1. The van der Waals surface area contributed by atoms with Crippen molar-refractivity contribution in [3.63, 3.8) is 0 Å². The maximum absolute atomic E-state index is 10.4. The maximum atomic E-state index is 10.4. The van der Waals surface area contributed by atoms with Crippen molar-refractivity contribution in [1.29, 1.82) is 0 Å². The van der Waals surface area contributed by atoms with E-state index in [2.05, 4.69) is 5.10 Å². The second-order valence-electron chi connectivity index (χ2n) is 2.94. The van der Waals surface area contributed by atoms with Gasteiger partial charge in [0.05, 0.1) is 5.69 Å². The zero-order chi connectivity index (χ0) is 10.6. The van der Waals surface area contributed by atoms with E-state index in [-0.39, 0.29) is 0 Å². The van der Waals surface area contributed by atoms with Crippen LogP contribution in [0.1, 0.15) is 5.69 Å². The summed E-state index contributed by atoms with van der Waals surface area (Å²) in [6.45, 7) is 0. The average Bonchev–Trinajstić information content (AvgIpc) is 2.51. The standard InChI is InChI=1S/C8H13N3O2S/c1-11-3-2-6(10-11)4-14-5-7(9)8(12)13/h2-3,7H,4-5,9H2,1H3,(H,12,13). The summed E-state index contributed by atoms with van der Waals surface area (Å²) in [5.41, 5.74) is 6.28. The topological polar surface area (TPSA) is 81.1 Å². The van der Waals surface area contributed by atoms with Gasteiger partial charge in [-0.3, -0.25) is 9.48 Å². The fraction of sp³-hybridized carbons (Fsp3) is 0.500. The largest absolute Gasteiger partial charge is 0.480 e. The van der Waals surface area contributed by atoms with Crippen molar-refractivity contribution in [1.82, 2.24) is 9.78 Å². The quantitative estimate of drug-likeness (QED) is 0.726. The van der Waals surface area contributed by atoms with Crippen molar-refractivity contribution in [3.8, 4) is 0 Å². The minimum Gasteiger partial charge on any atom is -0.480 e. The smallest absolute Gasteiger partial charge is 0.321 e. The summed E-state index contributed by atoms with van der Waals surface area (Å²) in [7, 11) is 1.84. The number of rotatable bonds is 5. The van der Waals surface area contributed by atoms with E-state index in [4.69, 9.17) is 10.8 Å². The van der Waals surface area contributed by atoms with E-state index in [1.54, 1.807) is 4.68 Å². The molecule has 0 aliphatic carbocycles. The summed E-state index contributed by atoms with van der Waals surface area (Å²) in [4.78, 5) is 10.4. The van der Waals surface area contributed by atoms with Gasteiger partial charge in [0.2, 0.25) is 0 Å². The molecule has 0 radical (unpaired) electrons. The molecule has 0 aliphatic heterocycles. The lowest BCUT2D eigenvalue weighted by molar-refractivity contribution is -0.137. The summed E-state index contributed by atoms with van der Waals surface area (Å²) in [6.07, 6.45) is 1.85. The summed E-state index contributed by atoms with van der Waals surface area (Å²) >= 11 is 1.47. The van der Waals surface area contributed by atoms with E-state index < -0.39 is 12.0 Å². The Balaban J connectivity index is 2.25. The molecule has 1 atom stereocenters. The highest BCUT2D eigenvalue weighted by molar-refractivity contribution is 7.98. The minimum absolute atomic E-state index is 0.409. The van der Waals surface area contributed by atoms with E-state index >= 15 is 0 Å². The van der Waals surface area contributed by atoms with Crippen molar-refractivity contribution in [2.45, 2.75) is 11.8 Å². The molecule has 1 rings (SSSR count). The molecule has 1 unspecified atom stereocenters. The molecule has 0 spiro atoms. The predicted molar refractivity (Wildman–Crippen MR) is 55.0 cm³/mol. The van der Waals surface area contributed by atoms with Crippen LogP contribution >= 0.6 is 11.8 Å². The van der Waals surface area contributed by atoms with Gasteiger partial charge in [-0.25, -0.2) is 0 Å². The Morgan fingerprint density at radius 1 is 1.86 bits per heavy atom. The number of nitrogens with zero attached hydrogens (tertiary/aromatic N) is 2. The van der Waals surface area contributed by atoms with Gasteiger partial charge < -0.3 is 10.8 Å². The third kappa shape index (κ3) is 3.39. The number of aryl methyl sites for hydroxylation is 1. The van der Waals surface area contributed by atoms with E-state index in [0.29, 0.717) is 11.5 Å². The molecule has 0 saturated heterocycles. The second kappa shape index (κ2) is 5.02. The van der Waals surface area contributed by atoms with Crippen LogP contribution in [0, 0.1) is 0 Å². The van der Waals surface area contributed by atoms with E-state index in [1.165, 1.54) is 11.8 Å². The molecule has 0 aromatic carbocycles. The zero-order valence-corrected chi connectivity index (χ0v) is 8.70. The summed E-state index contributed by atoms with van der Waals surface area (Å²) in [5.74, 6) is 0.145. The first-order chi connectivity index (χ1) is 6.59. The molecular formula is C8H13N3O2S. The van der Waals surface area contributed by atoms with Gasteiger partial charge in [-0.15, -0.1) is 0 Å². The molecule has 1 aromatic rings. The van der Waals surface area contributed by atoms with E-state index in [1.807, 2.05) is 19.3 Å². The normalized spacial score (nSPS) is 12.7. The van der Waals surface area contributed by atoms with Crippen LogP contribution in [0.3, 0.4) is 0 Å². The number of aliphatic carboxylic acids is 1. The highest BCUT2D eigenvalue weighted by Gasteiger charge is 2.10. The van der Waals surface area contributed by atoms with Gasteiger partial charge in [0.15, 0.2) is 0 Å². The molecule has 0 fully saturated rings. The Bertz CT molecular complexity index is 313. The number of carboxylic acids is 1. The molecule has 14 heavy (non-hydrogen) atoms. The number of nitrogens with two attached hydrogens (primary N) is 1. The van der Waals surface area contributed by atoms with Crippen molar-refractivity contribution in [2.24, 2.45) is 12.8 Å². The zero-order valence-electron chi connectivity index (χ0n) is 7.88. The lowest BCUT2D eigenvalue weighted by Gasteiger charge is -2.03. The average molecular weight is 215 g/mol. The molecule has 1 aromatic heterocycles. The molecule has 0 amide bonds. The van der Waals surface area contributed by atoms with E-state index in [0.717, 1.165) is 5.69 Å². The number of aromatic nitrogens is 2. The van der Waals surface area contributed by atoms with Crippen molar-refractivity contribution < 1.29 is 9.90 Å². The fourth-order valence-corrected chi connectivity index (χ4v) is 1.78. The van der Waals surface area contributed by atoms with Crippen LogP contribution in [-0.2, 0) is 17.6 Å². The predicted octanol–water partition coefficient (Wildman–Crippen LogP) is 0.0652. The van der Waals surface area contributed by atoms with E-state index in [9.17, 15) is 4.79 Å². The van der Waals surface area contributed by atoms with Crippen LogP contribution in [0.4, 0.5) is 0 Å². The van der Waals surface area contributed by atoms with Crippen LogP contribution in [0.2, 0.25) is 0 Å². The number of thioether (sulfide) groups is 1. The van der Waals surface area contributed by atoms with Crippen LogP contribution in [-0.4, -0.2) is 32.7 Å². The molecule has 5 nitrogen and oxygen atoms in total. The lowest BCUT2D eigenvalue weighted by Crippen LogP contribution is -2.32. The number of hydrogen-bond donors (Lipinski definition) is 2. The Hall–Kier alpha value is -1.01. The summed E-state index contributed by atoms with van der Waals surface area (Å²) in [6, 6.07) is 1.11. The lowest BCUT2D eigenvalue weighted by atomic mass is 10.4. The number of carbonyl (C=O) groups is 1. The molecule has 1 heterocycles. The molecular weight excluding hydrogens is 202 g/mol. The van der Waals surface area contributed by atoms with Gasteiger partial charge in [0, 0.05) is 24.8 Å². The third-order valence-electron chi connectivity index (χ3n) is 1.63. The van der Waals surface area contributed by atoms with Crippen molar-refractivity contribution >= 4 is 17.7 Å². The van der Waals surface area contributed by atoms with Gasteiger partial charge >= 0.3 is 5.97 Å². The van der Waals surface area contributed by atoms with Gasteiger partial charge in [-0.2, -0.15) is 16.9 Å². The first-order valence-electron chi connectivity index (χ1n) is 4.14. The van der Waals surface area contributed by atoms with Crippen LogP contribution in [0.25, 0.3) is 0 Å². The highest BCUT2D eigenvalue weighted by atomic mass is 32.2. The fourth-order valence-electron chi connectivity index (χ4n) is 0.902. The molecule has 0 aliphatic rings. The molecule has 6 heteroatoms. The number of hydrogen-bond acceptors (Lipinski definition) is 4. The molecule has 0 bridgehead atoms. The van der Waals surface area contributed by atoms with Crippen LogP contribution in [0.15, 0.2) is 12.3 Å². The monoisotopic (exact) mass is 215 g/mol. The third-order valence-corrected chi connectivity index (χ3v) is 2.73. The van der Waals surface area contributed by atoms with Crippen LogP contribution in [0.5, 0.6) is 0 Å². The van der Waals surface area contributed by atoms with Crippen molar-refractivity contribution in [2.75, 3.05) is 5.75 Å². The maximum Gasteiger partial charge on any atom is 0.321 e. The number of carboxylic acid groups (broad SMARTS) is 1.